The lowest BCUT2D eigenvalue weighted by atomic mass is 10.00. The maximum absolute atomic E-state index is 13.6. The highest BCUT2D eigenvalue weighted by molar-refractivity contribution is 14.0. The molecule has 2 N–H and O–H groups in total. The summed E-state index contributed by atoms with van der Waals surface area (Å²) in [7, 11) is 0. The van der Waals surface area contributed by atoms with Gasteiger partial charge in [0.1, 0.15) is 11.9 Å². The van der Waals surface area contributed by atoms with E-state index in [0.29, 0.717) is 18.7 Å². The molecule has 1 unspecified atom stereocenters. The molecule has 2 aromatic rings. The SMILES string of the molecule is CCNC(=NCc1ccc(F)c(CO)c1)N1CCOC(c2ccc(C)cc2C)C1.I. The average Bonchev–Trinajstić information content (AvgIpc) is 2.72. The van der Waals surface area contributed by atoms with E-state index < -0.39 is 5.82 Å². The van der Waals surface area contributed by atoms with E-state index in [1.54, 1.807) is 12.1 Å². The highest BCUT2D eigenvalue weighted by atomic mass is 127. The number of hydrogen-bond acceptors (Lipinski definition) is 3. The fraction of sp³-hybridized carbons (Fsp3) is 0.435. The number of halogens is 2. The highest BCUT2D eigenvalue weighted by Gasteiger charge is 2.25. The van der Waals surface area contributed by atoms with Crippen molar-refractivity contribution >= 4 is 29.9 Å². The maximum Gasteiger partial charge on any atom is 0.194 e. The number of aliphatic hydroxyl groups is 1. The Morgan fingerprint density at radius 1 is 1.27 bits per heavy atom. The molecular formula is C23H31FIN3O2. The van der Waals surface area contributed by atoms with Crippen LogP contribution in [0.3, 0.4) is 0 Å². The second-order valence-corrected chi connectivity index (χ2v) is 7.42. The van der Waals surface area contributed by atoms with Crippen molar-refractivity contribution in [2.45, 2.75) is 40.0 Å². The summed E-state index contributed by atoms with van der Waals surface area (Å²) in [5.41, 5.74) is 4.85. The van der Waals surface area contributed by atoms with Gasteiger partial charge in [-0.25, -0.2) is 9.38 Å². The average molecular weight is 527 g/mol. The molecule has 0 spiro atoms. The third-order valence-electron chi connectivity index (χ3n) is 5.16. The first-order valence-corrected chi connectivity index (χ1v) is 10.1. The van der Waals surface area contributed by atoms with Gasteiger partial charge in [0.25, 0.3) is 0 Å². The second kappa shape index (κ2) is 11.6. The van der Waals surface area contributed by atoms with Gasteiger partial charge in [-0.3, -0.25) is 0 Å². The Kier molecular flexibility index (Phi) is 9.51. The Labute approximate surface area is 195 Å². The Morgan fingerprint density at radius 2 is 2.07 bits per heavy atom. The van der Waals surface area contributed by atoms with Gasteiger partial charge in [-0.05, 0) is 49.6 Å². The van der Waals surface area contributed by atoms with Crippen LogP contribution in [0, 0.1) is 19.7 Å². The molecule has 3 rings (SSSR count). The van der Waals surface area contributed by atoms with E-state index in [-0.39, 0.29) is 36.7 Å². The van der Waals surface area contributed by atoms with E-state index >= 15 is 0 Å². The minimum atomic E-state index is -0.392. The van der Waals surface area contributed by atoms with E-state index in [9.17, 15) is 9.50 Å². The van der Waals surface area contributed by atoms with Gasteiger partial charge >= 0.3 is 0 Å². The summed E-state index contributed by atoms with van der Waals surface area (Å²) < 4.78 is 19.7. The maximum atomic E-state index is 13.6. The molecule has 0 aromatic heterocycles. The standard InChI is InChI=1S/C23H30FN3O2.HI/c1-4-25-23(26-13-18-6-8-21(24)19(12-18)15-28)27-9-10-29-22(14-27)20-7-5-16(2)11-17(20)3;/h5-8,11-12,22,28H,4,9-10,13-15H2,1-3H3,(H,25,26);1H. The predicted octanol–water partition coefficient (Wildman–Crippen LogP) is 4.09. The molecule has 5 nitrogen and oxygen atoms in total. The number of guanidine groups is 1. The van der Waals surface area contributed by atoms with Crippen LogP contribution in [0.25, 0.3) is 0 Å². The van der Waals surface area contributed by atoms with Gasteiger partial charge in [0.15, 0.2) is 5.96 Å². The van der Waals surface area contributed by atoms with Crippen molar-refractivity contribution in [1.82, 2.24) is 10.2 Å². The van der Waals surface area contributed by atoms with Gasteiger partial charge in [0.2, 0.25) is 0 Å². The van der Waals surface area contributed by atoms with Gasteiger partial charge in [0, 0.05) is 18.7 Å². The van der Waals surface area contributed by atoms with Crippen LogP contribution in [0.15, 0.2) is 41.4 Å². The Hall–Kier alpha value is -1.71. The number of hydrogen-bond donors (Lipinski definition) is 2. The third-order valence-corrected chi connectivity index (χ3v) is 5.16. The summed E-state index contributed by atoms with van der Waals surface area (Å²) in [4.78, 5) is 6.96. The molecule has 1 aliphatic rings. The monoisotopic (exact) mass is 527 g/mol. The number of ether oxygens (including phenoxy) is 1. The topological polar surface area (TPSA) is 57.1 Å². The smallest absolute Gasteiger partial charge is 0.194 e. The minimum Gasteiger partial charge on any atom is -0.392 e. The van der Waals surface area contributed by atoms with Crippen molar-refractivity contribution in [1.29, 1.82) is 0 Å². The molecule has 1 fully saturated rings. The van der Waals surface area contributed by atoms with Crippen LogP contribution < -0.4 is 5.32 Å². The van der Waals surface area contributed by atoms with E-state index in [0.717, 1.165) is 31.2 Å². The third kappa shape index (κ3) is 6.15. The number of aliphatic imine (C=N–C) groups is 1. The first kappa shape index (κ1) is 24.6. The number of aryl methyl sites for hydroxylation is 2. The zero-order valence-electron chi connectivity index (χ0n) is 17.8. The molecule has 0 aliphatic carbocycles. The summed E-state index contributed by atoms with van der Waals surface area (Å²) in [5.74, 6) is 0.428. The van der Waals surface area contributed by atoms with Crippen molar-refractivity contribution in [3.8, 4) is 0 Å². The van der Waals surface area contributed by atoms with E-state index in [1.165, 1.54) is 22.8 Å². The molecule has 0 saturated carbocycles. The molecule has 1 aliphatic heterocycles. The lowest BCUT2D eigenvalue weighted by molar-refractivity contribution is -0.00834. The van der Waals surface area contributed by atoms with E-state index in [2.05, 4.69) is 42.3 Å². The Balaban J connectivity index is 0.00000320. The molecular weight excluding hydrogens is 496 g/mol. The second-order valence-electron chi connectivity index (χ2n) is 7.42. The van der Waals surface area contributed by atoms with Crippen LogP contribution in [0.2, 0.25) is 0 Å². The Morgan fingerprint density at radius 3 is 2.77 bits per heavy atom. The van der Waals surface area contributed by atoms with Crippen LogP contribution in [0.4, 0.5) is 4.39 Å². The molecule has 30 heavy (non-hydrogen) atoms. The van der Waals surface area contributed by atoms with Gasteiger partial charge in [-0.15, -0.1) is 24.0 Å². The molecule has 164 valence electrons. The molecule has 1 saturated heterocycles. The fourth-order valence-corrected chi connectivity index (χ4v) is 3.66. The van der Waals surface area contributed by atoms with Crippen LogP contribution in [0.1, 0.15) is 40.8 Å². The molecule has 1 heterocycles. The molecule has 0 bridgehead atoms. The van der Waals surface area contributed by atoms with Crippen LogP contribution in [0.5, 0.6) is 0 Å². The van der Waals surface area contributed by atoms with Crippen LogP contribution >= 0.6 is 24.0 Å². The number of morpholine rings is 1. The van der Waals surface area contributed by atoms with Crippen molar-refractivity contribution < 1.29 is 14.2 Å². The predicted molar refractivity (Wildman–Crippen MR) is 129 cm³/mol. The van der Waals surface area contributed by atoms with Gasteiger partial charge in [-0.1, -0.05) is 29.8 Å². The first-order chi connectivity index (χ1) is 14.0. The number of rotatable bonds is 5. The molecule has 7 heteroatoms. The summed E-state index contributed by atoms with van der Waals surface area (Å²) in [6.45, 7) is 9.24. The number of nitrogens with one attached hydrogen (secondary N) is 1. The van der Waals surface area contributed by atoms with Gasteiger partial charge in [0.05, 0.1) is 26.3 Å². The fourth-order valence-electron chi connectivity index (χ4n) is 3.66. The molecule has 1 atom stereocenters. The Bertz CT molecular complexity index is 876. The summed E-state index contributed by atoms with van der Waals surface area (Å²) in [6.07, 6.45) is 0.0000174. The van der Waals surface area contributed by atoms with E-state index in [1.807, 2.05) is 6.92 Å². The lowest BCUT2D eigenvalue weighted by Crippen LogP contribution is -2.48. The van der Waals surface area contributed by atoms with Crippen molar-refractivity contribution in [3.63, 3.8) is 0 Å². The quantitative estimate of drug-likeness (QED) is 0.350. The first-order valence-electron chi connectivity index (χ1n) is 10.1. The molecule has 0 radical (unpaired) electrons. The minimum absolute atomic E-state index is 0. The molecule has 0 amide bonds. The highest BCUT2D eigenvalue weighted by Crippen LogP contribution is 2.26. The van der Waals surface area contributed by atoms with Gasteiger partial charge in [-0.2, -0.15) is 0 Å². The lowest BCUT2D eigenvalue weighted by Gasteiger charge is -2.36. The zero-order valence-corrected chi connectivity index (χ0v) is 20.2. The largest absolute Gasteiger partial charge is 0.392 e. The normalized spacial score (nSPS) is 16.9. The van der Waals surface area contributed by atoms with Crippen LogP contribution in [-0.2, 0) is 17.9 Å². The summed E-state index contributed by atoms with van der Waals surface area (Å²) in [5, 5.41) is 12.6. The molecule has 2 aromatic carbocycles. The number of nitrogens with zero attached hydrogens (tertiary/aromatic N) is 2. The van der Waals surface area contributed by atoms with Gasteiger partial charge < -0.3 is 20.1 Å². The van der Waals surface area contributed by atoms with E-state index in [4.69, 9.17) is 9.73 Å². The zero-order chi connectivity index (χ0) is 20.8. The van der Waals surface area contributed by atoms with Crippen LogP contribution in [-0.4, -0.2) is 42.2 Å². The van der Waals surface area contributed by atoms with Crippen molar-refractivity contribution in [2.24, 2.45) is 4.99 Å². The van der Waals surface area contributed by atoms with Crippen molar-refractivity contribution in [2.75, 3.05) is 26.2 Å². The van der Waals surface area contributed by atoms with Crippen molar-refractivity contribution in [3.05, 3.63) is 70.0 Å². The number of benzene rings is 2. The summed E-state index contributed by atoms with van der Waals surface area (Å²) >= 11 is 0. The number of aliphatic hydroxyl groups excluding tert-OH is 1. The summed E-state index contributed by atoms with van der Waals surface area (Å²) in [6, 6.07) is 11.2.